The number of carbonyl (C=O) groups excluding carboxylic acids is 1. The molecule has 0 bridgehead atoms. The molecule has 150 valence electrons. The van der Waals surface area contributed by atoms with Gasteiger partial charge in [0.05, 0.1) is 5.69 Å². The van der Waals surface area contributed by atoms with Crippen molar-refractivity contribution in [1.29, 1.82) is 0 Å². The largest absolute Gasteiger partial charge is 0.433 e. The number of aryl methyl sites for hydroxylation is 1. The van der Waals surface area contributed by atoms with Gasteiger partial charge in [-0.3, -0.25) is 0 Å². The lowest BCUT2D eigenvalue weighted by atomic mass is 9.81. The van der Waals surface area contributed by atoms with Gasteiger partial charge < -0.3 is 15.0 Å². The van der Waals surface area contributed by atoms with E-state index in [2.05, 4.69) is 34.3 Å². The summed E-state index contributed by atoms with van der Waals surface area (Å²) < 4.78 is 29.8. The maximum Gasteiger partial charge on any atom is 0.387 e. The highest BCUT2D eigenvalue weighted by atomic mass is 19.3. The van der Waals surface area contributed by atoms with Crippen molar-refractivity contribution in [3.8, 4) is 5.75 Å². The molecule has 0 atom stereocenters. The van der Waals surface area contributed by atoms with Gasteiger partial charge in [0.2, 0.25) is 0 Å². The molecule has 28 heavy (non-hydrogen) atoms. The number of anilines is 1. The van der Waals surface area contributed by atoms with Gasteiger partial charge in [0.25, 0.3) is 0 Å². The van der Waals surface area contributed by atoms with E-state index in [1.807, 2.05) is 6.07 Å². The van der Waals surface area contributed by atoms with Crippen LogP contribution >= 0.6 is 0 Å². The van der Waals surface area contributed by atoms with Crippen molar-refractivity contribution in [2.75, 3.05) is 12.4 Å². The highest BCUT2D eigenvalue weighted by Crippen LogP contribution is 2.35. The molecule has 0 radical (unpaired) electrons. The van der Waals surface area contributed by atoms with Crippen LogP contribution in [-0.2, 0) is 0 Å². The molecule has 1 saturated carbocycles. The Morgan fingerprint density at radius 3 is 2.39 bits per heavy atom. The van der Waals surface area contributed by atoms with E-state index in [4.69, 9.17) is 0 Å². The molecule has 0 saturated heterocycles. The Labute approximate surface area is 164 Å². The Morgan fingerprint density at radius 2 is 1.75 bits per heavy atom. The summed E-state index contributed by atoms with van der Waals surface area (Å²) in [7, 11) is 1.76. The average Bonchev–Trinajstić information content (AvgIpc) is 2.70. The molecule has 0 spiro atoms. The third kappa shape index (κ3) is 4.80. The summed E-state index contributed by atoms with van der Waals surface area (Å²) in [6.45, 7) is -1.19. The van der Waals surface area contributed by atoms with Crippen LogP contribution in [-0.4, -0.2) is 30.6 Å². The zero-order chi connectivity index (χ0) is 20.1. The second-order valence-corrected chi connectivity index (χ2v) is 7.28. The van der Waals surface area contributed by atoms with Crippen molar-refractivity contribution in [2.45, 2.75) is 51.2 Å². The Morgan fingerprint density at radius 1 is 1.07 bits per heavy atom. The standard InChI is InChI=1S/C22H26F2N2O2/c1-15-7-6-10-19(28-21(23)24)20(15)25-22(27)26(2)18-13-11-17(12-14-18)16-8-4-3-5-9-16/h3-10,17-18,21H,11-14H2,1-2H3,(H,25,27). The third-order valence-corrected chi connectivity index (χ3v) is 5.52. The van der Waals surface area contributed by atoms with Crippen LogP contribution in [0.3, 0.4) is 0 Å². The molecule has 0 heterocycles. The lowest BCUT2D eigenvalue weighted by molar-refractivity contribution is -0.0493. The number of nitrogens with one attached hydrogen (secondary N) is 1. The van der Waals surface area contributed by atoms with Crippen molar-refractivity contribution >= 4 is 11.7 Å². The first-order valence-corrected chi connectivity index (χ1v) is 9.59. The first kappa shape index (κ1) is 20.1. The van der Waals surface area contributed by atoms with Gasteiger partial charge in [0.15, 0.2) is 0 Å². The van der Waals surface area contributed by atoms with Crippen LogP contribution in [0.25, 0.3) is 0 Å². The number of alkyl halides is 2. The van der Waals surface area contributed by atoms with Crippen LogP contribution in [0.2, 0.25) is 0 Å². The highest BCUT2D eigenvalue weighted by molar-refractivity contribution is 5.92. The molecule has 4 nitrogen and oxygen atoms in total. The van der Waals surface area contributed by atoms with E-state index in [1.165, 1.54) is 11.6 Å². The predicted octanol–water partition coefficient (Wildman–Crippen LogP) is 5.79. The lowest BCUT2D eigenvalue weighted by Crippen LogP contribution is -2.41. The molecule has 0 aliphatic heterocycles. The van der Waals surface area contributed by atoms with Crippen LogP contribution in [0.1, 0.15) is 42.7 Å². The Kier molecular flexibility index (Phi) is 6.49. The summed E-state index contributed by atoms with van der Waals surface area (Å²) in [6.07, 6.45) is 3.88. The monoisotopic (exact) mass is 388 g/mol. The van der Waals surface area contributed by atoms with E-state index >= 15 is 0 Å². The molecule has 1 aliphatic rings. The van der Waals surface area contributed by atoms with E-state index in [1.54, 1.807) is 31.0 Å². The van der Waals surface area contributed by atoms with Crippen LogP contribution in [0.4, 0.5) is 19.3 Å². The van der Waals surface area contributed by atoms with E-state index in [-0.39, 0.29) is 23.5 Å². The van der Waals surface area contributed by atoms with E-state index in [9.17, 15) is 13.6 Å². The molecule has 0 unspecified atom stereocenters. The first-order chi connectivity index (χ1) is 13.5. The second kappa shape index (κ2) is 9.04. The van der Waals surface area contributed by atoms with Gasteiger partial charge in [-0.05, 0) is 55.7 Å². The van der Waals surface area contributed by atoms with Crippen LogP contribution in [0, 0.1) is 6.92 Å². The van der Waals surface area contributed by atoms with E-state index < -0.39 is 6.61 Å². The van der Waals surface area contributed by atoms with Crippen LogP contribution in [0.5, 0.6) is 5.75 Å². The number of rotatable bonds is 5. The number of carbonyl (C=O) groups is 1. The van der Waals surface area contributed by atoms with Crippen molar-refractivity contribution in [3.63, 3.8) is 0 Å². The van der Waals surface area contributed by atoms with Crippen molar-refractivity contribution in [2.24, 2.45) is 0 Å². The number of ether oxygens (including phenoxy) is 1. The Hall–Kier alpha value is -2.63. The molecule has 2 amide bonds. The number of para-hydroxylation sites is 1. The molecular weight excluding hydrogens is 362 g/mol. The topological polar surface area (TPSA) is 41.6 Å². The fourth-order valence-corrected chi connectivity index (χ4v) is 3.88. The summed E-state index contributed by atoms with van der Waals surface area (Å²) in [6, 6.07) is 15.1. The molecular formula is C22H26F2N2O2. The van der Waals surface area contributed by atoms with Gasteiger partial charge in [-0.2, -0.15) is 8.78 Å². The zero-order valence-corrected chi connectivity index (χ0v) is 16.2. The second-order valence-electron chi connectivity index (χ2n) is 7.28. The average molecular weight is 388 g/mol. The minimum Gasteiger partial charge on any atom is -0.433 e. The summed E-state index contributed by atoms with van der Waals surface area (Å²) in [5.74, 6) is 0.501. The number of benzene rings is 2. The zero-order valence-electron chi connectivity index (χ0n) is 16.2. The lowest BCUT2D eigenvalue weighted by Gasteiger charge is -2.35. The number of hydrogen-bond acceptors (Lipinski definition) is 2. The molecule has 1 aliphatic carbocycles. The van der Waals surface area contributed by atoms with Crippen LogP contribution in [0.15, 0.2) is 48.5 Å². The quantitative estimate of drug-likeness (QED) is 0.705. The van der Waals surface area contributed by atoms with Gasteiger partial charge in [-0.25, -0.2) is 4.79 Å². The summed E-state index contributed by atoms with van der Waals surface area (Å²) >= 11 is 0. The summed E-state index contributed by atoms with van der Waals surface area (Å²) in [5.41, 5.74) is 2.31. The van der Waals surface area contributed by atoms with Gasteiger partial charge in [0, 0.05) is 13.1 Å². The molecule has 1 fully saturated rings. The predicted molar refractivity (Wildman–Crippen MR) is 106 cm³/mol. The molecule has 3 rings (SSSR count). The van der Waals surface area contributed by atoms with Gasteiger partial charge in [-0.1, -0.05) is 42.5 Å². The van der Waals surface area contributed by atoms with Crippen LogP contribution < -0.4 is 10.1 Å². The van der Waals surface area contributed by atoms with Gasteiger partial charge in [0.1, 0.15) is 5.75 Å². The van der Waals surface area contributed by atoms with Crippen molar-refractivity contribution in [1.82, 2.24) is 4.90 Å². The number of nitrogens with zero attached hydrogens (tertiary/aromatic N) is 1. The Balaban J connectivity index is 1.62. The fourth-order valence-electron chi connectivity index (χ4n) is 3.88. The maximum atomic E-state index is 12.7. The van der Waals surface area contributed by atoms with Crippen molar-refractivity contribution in [3.05, 3.63) is 59.7 Å². The van der Waals surface area contributed by atoms with E-state index in [0.29, 0.717) is 11.5 Å². The van der Waals surface area contributed by atoms with Crippen molar-refractivity contribution < 1.29 is 18.3 Å². The SMILES string of the molecule is Cc1cccc(OC(F)F)c1NC(=O)N(C)C1CCC(c2ccccc2)CC1. The number of urea groups is 1. The molecule has 1 N–H and O–H groups in total. The third-order valence-electron chi connectivity index (χ3n) is 5.52. The number of halogens is 2. The minimum absolute atomic E-state index is 0.0236. The molecule has 0 aromatic heterocycles. The molecule has 2 aromatic carbocycles. The highest BCUT2D eigenvalue weighted by Gasteiger charge is 2.28. The maximum absolute atomic E-state index is 12.7. The Bertz CT molecular complexity index is 790. The van der Waals surface area contributed by atoms with Gasteiger partial charge in [-0.15, -0.1) is 0 Å². The molecule has 6 heteroatoms. The summed E-state index contributed by atoms with van der Waals surface area (Å²) in [5, 5.41) is 2.75. The molecule has 2 aromatic rings. The van der Waals surface area contributed by atoms with E-state index in [0.717, 1.165) is 25.7 Å². The minimum atomic E-state index is -2.94. The van der Waals surface area contributed by atoms with Gasteiger partial charge >= 0.3 is 12.6 Å². The smallest absolute Gasteiger partial charge is 0.387 e. The number of hydrogen-bond donors (Lipinski definition) is 1. The first-order valence-electron chi connectivity index (χ1n) is 9.59. The normalized spacial score (nSPS) is 19.3. The number of amides is 2. The summed E-state index contributed by atoms with van der Waals surface area (Å²) in [4.78, 5) is 14.4. The fraction of sp³-hybridized carbons (Fsp3) is 0.409.